The van der Waals surface area contributed by atoms with E-state index in [0.717, 1.165) is 24.8 Å². The zero-order chi connectivity index (χ0) is 16.9. The van der Waals surface area contributed by atoms with Crippen molar-refractivity contribution in [1.29, 1.82) is 0 Å². The molecule has 1 aliphatic rings. The predicted molar refractivity (Wildman–Crippen MR) is 86.4 cm³/mol. The van der Waals surface area contributed by atoms with Gasteiger partial charge in [0.2, 0.25) is 0 Å². The van der Waals surface area contributed by atoms with Crippen LogP contribution in [-0.2, 0) is 6.42 Å². The highest BCUT2D eigenvalue weighted by Crippen LogP contribution is 2.17. The van der Waals surface area contributed by atoms with Crippen molar-refractivity contribution in [2.75, 3.05) is 13.1 Å². The molecule has 0 spiro atoms. The van der Waals surface area contributed by atoms with E-state index < -0.39 is 0 Å². The van der Waals surface area contributed by atoms with Crippen LogP contribution in [-0.4, -0.2) is 40.0 Å². The van der Waals surface area contributed by atoms with Gasteiger partial charge >= 0.3 is 6.01 Å². The number of likely N-dealkylation sites (tertiary alicyclic amines) is 1. The van der Waals surface area contributed by atoms with Crippen LogP contribution < -0.4 is 9.47 Å². The molecule has 3 heterocycles. The van der Waals surface area contributed by atoms with Gasteiger partial charge in [-0.05, 0) is 30.9 Å². The highest BCUT2D eigenvalue weighted by molar-refractivity contribution is 5.93. The van der Waals surface area contributed by atoms with Crippen molar-refractivity contribution in [2.45, 2.75) is 32.3 Å². The number of rotatable bonds is 4. The van der Waals surface area contributed by atoms with Gasteiger partial charge in [0.05, 0.1) is 6.54 Å². The topological polar surface area (TPSA) is 82.3 Å². The van der Waals surface area contributed by atoms with Crippen molar-refractivity contribution in [2.24, 2.45) is 0 Å². The molecule has 7 heteroatoms. The summed E-state index contributed by atoms with van der Waals surface area (Å²) in [6, 6.07) is 3.55. The average molecular weight is 328 g/mol. The van der Waals surface area contributed by atoms with Crippen LogP contribution in [0.4, 0.5) is 0 Å². The zero-order valence-electron chi connectivity index (χ0n) is 13.6. The van der Waals surface area contributed by atoms with Crippen LogP contribution in [0.1, 0.15) is 35.7 Å². The Balaban J connectivity index is 1.64. The lowest BCUT2D eigenvalue weighted by molar-refractivity contribution is -0.605. The Morgan fingerprint density at radius 1 is 1.46 bits per heavy atom. The summed E-state index contributed by atoms with van der Waals surface area (Å²) in [7, 11) is 0. The summed E-state index contributed by atoms with van der Waals surface area (Å²) in [5.74, 6) is -0.157. The van der Waals surface area contributed by atoms with Gasteiger partial charge in [0, 0.05) is 25.0 Å². The molecule has 1 saturated heterocycles. The third-order valence-corrected chi connectivity index (χ3v) is 4.05. The number of hydrogen-bond acceptors (Lipinski definition) is 5. The minimum absolute atomic E-state index is 0.140. The number of carbonyl (C=O) groups excluding carboxylic acids is 1. The number of carbonyl (C=O) groups is 1. The van der Waals surface area contributed by atoms with Gasteiger partial charge in [-0.15, -0.1) is 0 Å². The Labute approximate surface area is 140 Å². The first-order chi connectivity index (χ1) is 11.7. The number of hydrogen-bond donors (Lipinski definition) is 0. The molecule has 0 N–H and O–H groups in total. The lowest BCUT2D eigenvalue weighted by atomic mass is 10.1. The molecule has 1 atom stereocenters. The van der Waals surface area contributed by atoms with Gasteiger partial charge < -0.3 is 14.8 Å². The Bertz CT molecular complexity index is 705. The number of aromatic nitrogens is 3. The highest BCUT2D eigenvalue weighted by atomic mass is 16.5. The first-order valence-electron chi connectivity index (χ1n) is 8.11. The highest BCUT2D eigenvalue weighted by Gasteiger charge is 2.27. The third kappa shape index (κ3) is 3.79. The van der Waals surface area contributed by atoms with E-state index in [-0.39, 0.29) is 12.0 Å². The summed E-state index contributed by atoms with van der Waals surface area (Å²) in [6.07, 6.45) is 8.58. The van der Waals surface area contributed by atoms with Gasteiger partial charge in [-0.25, -0.2) is 9.97 Å². The first kappa shape index (κ1) is 16.2. The quantitative estimate of drug-likeness (QED) is 0.625. The molecule has 0 aromatic carbocycles. The third-order valence-electron chi connectivity index (χ3n) is 4.05. The monoisotopic (exact) mass is 328 g/mol. The van der Waals surface area contributed by atoms with Crippen molar-refractivity contribution in [1.82, 2.24) is 14.9 Å². The Kier molecular flexibility index (Phi) is 4.88. The summed E-state index contributed by atoms with van der Waals surface area (Å²) in [5.41, 5.74) is 1.44. The van der Waals surface area contributed by atoms with Crippen LogP contribution in [0.25, 0.3) is 0 Å². The largest absolute Gasteiger partial charge is 0.619 e. The summed E-state index contributed by atoms with van der Waals surface area (Å²) < 4.78 is 6.44. The molecule has 1 fully saturated rings. The summed E-state index contributed by atoms with van der Waals surface area (Å²) in [5, 5.41) is 11.3. The molecule has 0 bridgehead atoms. The smallest absolute Gasteiger partial charge is 0.316 e. The van der Waals surface area contributed by atoms with E-state index in [1.165, 1.54) is 12.4 Å². The van der Waals surface area contributed by atoms with E-state index in [4.69, 9.17) is 4.74 Å². The Morgan fingerprint density at radius 2 is 2.25 bits per heavy atom. The number of ether oxygens (including phenoxy) is 1. The molecule has 2 aromatic heterocycles. The van der Waals surface area contributed by atoms with Crippen LogP contribution in [0.5, 0.6) is 6.01 Å². The van der Waals surface area contributed by atoms with Gasteiger partial charge in [0.25, 0.3) is 5.91 Å². The second kappa shape index (κ2) is 7.25. The molecule has 3 rings (SSSR count). The van der Waals surface area contributed by atoms with Gasteiger partial charge in [0.1, 0.15) is 11.7 Å². The molecule has 1 unspecified atom stereocenters. The fourth-order valence-electron chi connectivity index (χ4n) is 2.72. The SMILES string of the molecule is CCc1cnc(OC2CCCN(C(=O)c3ccc[n+]([O-])c3)C2)nc1. The number of aryl methyl sites for hydroxylation is 1. The van der Waals surface area contributed by atoms with E-state index in [0.29, 0.717) is 29.4 Å². The standard InChI is InChI=1S/C17H20N4O3/c1-2-13-9-18-17(19-10-13)24-15-6-4-7-20(12-15)16(22)14-5-3-8-21(23)11-14/h3,5,8-11,15H,2,4,6-7,12H2,1H3. The minimum Gasteiger partial charge on any atom is -0.619 e. The van der Waals surface area contributed by atoms with E-state index >= 15 is 0 Å². The molecular weight excluding hydrogens is 308 g/mol. The molecule has 7 nitrogen and oxygen atoms in total. The van der Waals surface area contributed by atoms with Crippen LogP contribution in [0.15, 0.2) is 36.9 Å². The van der Waals surface area contributed by atoms with Crippen molar-refractivity contribution in [3.63, 3.8) is 0 Å². The lowest BCUT2D eigenvalue weighted by Gasteiger charge is -2.32. The van der Waals surface area contributed by atoms with Gasteiger partial charge in [-0.3, -0.25) is 4.79 Å². The second-order valence-corrected chi connectivity index (χ2v) is 5.81. The van der Waals surface area contributed by atoms with Gasteiger partial charge in [-0.2, -0.15) is 4.73 Å². The first-order valence-corrected chi connectivity index (χ1v) is 8.11. The average Bonchev–Trinajstić information content (AvgIpc) is 2.62. The number of pyridine rings is 1. The molecule has 1 aliphatic heterocycles. The van der Waals surface area contributed by atoms with Crippen LogP contribution in [0.3, 0.4) is 0 Å². The second-order valence-electron chi connectivity index (χ2n) is 5.81. The lowest BCUT2D eigenvalue weighted by Crippen LogP contribution is -2.45. The molecule has 126 valence electrons. The summed E-state index contributed by atoms with van der Waals surface area (Å²) in [4.78, 5) is 22.6. The molecule has 2 aromatic rings. The van der Waals surface area contributed by atoms with Crippen LogP contribution >= 0.6 is 0 Å². The summed E-state index contributed by atoms with van der Waals surface area (Å²) >= 11 is 0. The number of nitrogens with zero attached hydrogens (tertiary/aromatic N) is 4. The molecule has 0 saturated carbocycles. The van der Waals surface area contributed by atoms with Crippen LogP contribution in [0, 0.1) is 5.21 Å². The van der Waals surface area contributed by atoms with Crippen molar-refractivity contribution < 1.29 is 14.3 Å². The Morgan fingerprint density at radius 3 is 2.96 bits per heavy atom. The zero-order valence-corrected chi connectivity index (χ0v) is 13.6. The molecular formula is C17H20N4O3. The fourth-order valence-corrected chi connectivity index (χ4v) is 2.72. The Hall–Kier alpha value is -2.70. The predicted octanol–water partition coefficient (Wildman–Crippen LogP) is 1.36. The van der Waals surface area contributed by atoms with E-state index in [1.807, 2.05) is 6.92 Å². The molecule has 0 radical (unpaired) electrons. The van der Waals surface area contributed by atoms with Crippen molar-refractivity contribution in [3.8, 4) is 6.01 Å². The van der Waals surface area contributed by atoms with E-state index in [1.54, 1.807) is 29.4 Å². The van der Waals surface area contributed by atoms with Crippen LogP contribution in [0.2, 0.25) is 0 Å². The molecule has 0 aliphatic carbocycles. The maximum absolute atomic E-state index is 12.5. The summed E-state index contributed by atoms with van der Waals surface area (Å²) in [6.45, 7) is 3.16. The fraction of sp³-hybridized carbons (Fsp3) is 0.412. The minimum atomic E-state index is -0.157. The van der Waals surface area contributed by atoms with Gasteiger partial charge in [0.15, 0.2) is 12.4 Å². The molecule has 1 amide bonds. The maximum atomic E-state index is 12.5. The maximum Gasteiger partial charge on any atom is 0.316 e. The normalized spacial score (nSPS) is 17.5. The van der Waals surface area contributed by atoms with E-state index in [9.17, 15) is 10.0 Å². The van der Waals surface area contributed by atoms with Gasteiger partial charge in [-0.1, -0.05) is 6.92 Å². The molecule has 24 heavy (non-hydrogen) atoms. The van der Waals surface area contributed by atoms with Crippen molar-refractivity contribution in [3.05, 3.63) is 53.3 Å². The van der Waals surface area contributed by atoms with E-state index in [2.05, 4.69) is 9.97 Å². The number of amides is 1. The van der Waals surface area contributed by atoms with Crippen molar-refractivity contribution >= 4 is 5.91 Å². The number of piperidine rings is 1.